The quantitative estimate of drug-likeness (QED) is 0.233. The van der Waals surface area contributed by atoms with Crippen LogP contribution in [0, 0.1) is 0 Å². The maximum absolute atomic E-state index is 4.34. The van der Waals surface area contributed by atoms with E-state index in [-0.39, 0.29) is 24.0 Å². The van der Waals surface area contributed by atoms with Crippen molar-refractivity contribution < 1.29 is 0 Å². The van der Waals surface area contributed by atoms with Crippen LogP contribution >= 0.6 is 24.0 Å². The van der Waals surface area contributed by atoms with E-state index < -0.39 is 0 Å². The molecule has 1 aromatic rings. The predicted molar refractivity (Wildman–Crippen MR) is 114 cm³/mol. The second kappa shape index (κ2) is 11.5. The Morgan fingerprint density at radius 2 is 2.08 bits per heavy atom. The summed E-state index contributed by atoms with van der Waals surface area (Å²) in [6.07, 6.45) is 6.43. The third kappa shape index (κ3) is 6.81. The van der Waals surface area contributed by atoms with Crippen molar-refractivity contribution in [1.29, 1.82) is 0 Å². The summed E-state index contributed by atoms with van der Waals surface area (Å²) >= 11 is 0. The number of likely N-dealkylation sites (tertiary alicyclic amines) is 1. The topological polar surface area (TPSA) is 39.7 Å². The lowest BCUT2D eigenvalue weighted by Crippen LogP contribution is -2.44. The minimum atomic E-state index is 0. The van der Waals surface area contributed by atoms with Gasteiger partial charge >= 0.3 is 0 Å². The van der Waals surface area contributed by atoms with Gasteiger partial charge in [-0.25, -0.2) is 0 Å². The van der Waals surface area contributed by atoms with Gasteiger partial charge in [0.15, 0.2) is 5.96 Å². The summed E-state index contributed by atoms with van der Waals surface area (Å²) in [5.74, 6) is 0.910. The Balaban J connectivity index is 0.00000288. The number of rotatable bonds is 6. The van der Waals surface area contributed by atoms with Crippen molar-refractivity contribution in [3.05, 3.63) is 48.0 Å². The van der Waals surface area contributed by atoms with Crippen molar-refractivity contribution in [3.8, 4) is 0 Å². The molecule has 1 saturated heterocycles. The van der Waals surface area contributed by atoms with Crippen LogP contribution in [0.1, 0.15) is 32.3 Å². The first-order valence-electron chi connectivity index (χ1n) is 8.59. The van der Waals surface area contributed by atoms with Crippen LogP contribution in [-0.2, 0) is 6.54 Å². The lowest BCUT2D eigenvalue weighted by molar-refractivity contribution is 0.258. The second-order valence-corrected chi connectivity index (χ2v) is 6.20. The first-order valence-corrected chi connectivity index (χ1v) is 8.59. The number of aliphatic imine (C=N–C) groups is 1. The fraction of sp³-hybridized carbons (Fsp3) is 0.526. The highest BCUT2D eigenvalue weighted by atomic mass is 127. The molecule has 5 heteroatoms. The van der Waals surface area contributed by atoms with Crippen LogP contribution in [-0.4, -0.2) is 43.1 Å². The molecule has 0 bridgehead atoms. The Kier molecular flexibility index (Phi) is 10.0. The zero-order chi connectivity index (χ0) is 16.5. The van der Waals surface area contributed by atoms with Gasteiger partial charge in [-0.05, 0) is 32.3 Å². The third-order valence-electron chi connectivity index (χ3n) is 4.34. The van der Waals surface area contributed by atoms with E-state index in [0.29, 0.717) is 12.1 Å². The average molecular weight is 442 g/mol. The van der Waals surface area contributed by atoms with E-state index in [1.165, 1.54) is 5.56 Å². The highest BCUT2D eigenvalue weighted by Crippen LogP contribution is 2.20. The van der Waals surface area contributed by atoms with Crippen molar-refractivity contribution >= 4 is 29.9 Å². The molecule has 1 aliphatic rings. The summed E-state index contributed by atoms with van der Waals surface area (Å²) in [6, 6.07) is 11.8. The van der Waals surface area contributed by atoms with Gasteiger partial charge in [0.2, 0.25) is 0 Å². The molecule has 2 atom stereocenters. The SMILES string of the molecule is C/C=C/CCNC(=NC)NC1CC(C)N(Cc2ccccc2)C1.I. The van der Waals surface area contributed by atoms with E-state index in [1.807, 2.05) is 14.0 Å². The molecule has 0 spiro atoms. The number of hydrogen-bond acceptors (Lipinski definition) is 2. The predicted octanol–water partition coefficient (Wildman–Crippen LogP) is 3.40. The van der Waals surface area contributed by atoms with Gasteiger partial charge in [0.05, 0.1) is 0 Å². The highest BCUT2D eigenvalue weighted by Gasteiger charge is 2.29. The largest absolute Gasteiger partial charge is 0.356 e. The molecule has 4 nitrogen and oxygen atoms in total. The Bertz CT molecular complexity index is 515. The van der Waals surface area contributed by atoms with E-state index in [1.54, 1.807) is 0 Å². The molecule has 24 heavy (non-hydrogen) atoms. The summed E-state index contributed by atoms with van der Waals surface area (Å²) < 4.78 is 0. The summed E-state index contributed by atoms with van der Waals surface area (Å²) in [4.78, 5) is 6.88. The van der Waals surface area contributed by atoms with Crippen molar-refractivity contribution in [2.75, 3.05) is 20.1 Å². The third-order valence-corrected chi connectivity index (χ3v) is 4.34. The van der Waals surface area contributed by atoms with E-state index >= 15 is 0 Å². The molecule has 1 fully saturated rings. The maximum Gasteiger partial charge on any atom is 0.191 e. The van der Waals surface area contributed by atoms with Gasteiger partial charge in [-0.15, -0.1) is 24.0 Å². The standard InChI is InChI=1S/C19H30N4.HI/c1-4-5-9-12-21-19(20-3)22-18-13-16(2)23(15-18)14-17-10-7-6-8-11-17;/h4-8,10-11,16,18H,9,12-15H2,1-3H3,(H2,20,21,22);1H/b5-4+;. The fourth-order valence-electron chi connectivity index (χ4n) is 3.07. The monoisotopic (exact) mass is 442 g/mol. The smallest absolute Gasteiger partial charge is 0.191 e. The van der Waals surface area contributed by atoms with Gasteiger partial charge in [-0.2, -0.15) is 0 Å². The highest BCUT2D eigenvalue weighted by molar-refractivity contribution is 14.0. The van der Waals surface area contributed by atoms with Gasteiger partial charge < -0.3 is 10.6 Å². The molecule has 1 heterocycles. The zero-order valence-corrected chi connectivity index (χ0v) is 17.4. The normalized spacial score (nSPS) is 21.7. The van der Waals surface area contributed by atoms with Gasteiger partial charge in [0.25, 0.3) is 0 Å². The van der Waals surface area contributed by atoms with Crippen molar-refractivity contribution in [2.45, 2.75) is 45.3 Å². The van der Waals surface area contributed by atoms with E-state index in [4.69, 9.17) is 0 Å². The molecule has 1 aliphatic heterocycles. The fourth-order valence-corrected chi connectivity index (χ4v) is 3.07. The van der Waals surface area contributed by atoms with Crippen LogP contribution in [0.15, 0.2) is 47.5 Å². The second-order valence-electron chi connectivity index (χ2n) is 6.20. The molecule has 0 radical (unpaired) electrons. The van der Waals surface area contributed by atoms with Crippen LogP contribution in [0.2, 0.25) is 0 Å². The lowest BCUT2D eigenvalue weighted by Gasteiger charge is -2.21. The molecule has 134 valence electrons. The minimum absolute atomic E-state index is 0. The molecule has 2 unspecified atom stereocenters. The Hall–Kier alpha value is -1.08. The number of nitrogens with zero attached hydrogens (tertiary/aromatic N) is 2. The molecule has 2 N–H and O–H groups in total. The summed E-state index contributed by atoms with van der Waals surface area (Å²) in [6.45, 7) is 7.36. The molecule has 0 aromatic heterocycles. The molecule has 0 amide bonds. The van der Waals surface area contributed by atoms with Crippen molar-refractivity contribution in [2.24, 2.45) is 4.99 Å². The van der Waals surface area contributed by atoms with Crippen LogP contribution in [0.3, 0.4) is 0 Å². The average Bonchev–Trinajstić information content (AvgIpc) is 2.91. The zero-order valence-electron chi connectivity index (χ0n) is 15.0. The summed E-state index contributed by atoms with van der Waals surface area (Å²) in [5, 5.41) is 6.94. The lowest BCUT2D eigenvalue weighted by atomic mass is 10.2. The molecule has 2 rings (SSSR count). The van der Waals surface area contributed by atoms with Crippen LogP contribution in [0.4, 0.5) is 0 Å². The Morgan fingerprint density at radius 1 is 1.33 bits per heavy atom. The summed E-state index contributed by atoms with van der Waals surface area (Å²) in [7, 11) is 1.84. The van der Waals surface area contributed by atoms with Gasteiger partial charge in [-0.3, -0.25) is 9.89 Å². The molecule has 0 saturated carbocycles. The van der Waals surface area contributed by atoms with E-state index in [2.05, 4.69) is 69.9 Å². The molecule has 0 aliphatic carbocycles. The Morgan fingerprint density at radius 3 is 2.75 bits per heavy atom. The first-order chi connectivity index (χ1) is 11.2. The van der Waals surface area contributed by atoms with Crippen LogP contribution in [0.5, 0.6) is 0 Å². The number of benzene rings is 1. The van der Waals surface area contributed by atoms with Gasteiger partial charge in [0.1, 0.15) is 0 Å². The number of nitrogens with one attached hydrogen (secondary N) is 2. The van der Waals surface area contributed by atoms with Crippen LogP contribution < -0.4 is 10.6 Å². The molecule has 1 aromatic carbocycles. The molecular formula is C19H31IN4. The molecular weight excluding hydrogens is 411 g/mol. The number of allylic oxidation sites excluding steroid dienone is 1. The van der Waals surface area contributed by atoms with Crippen molar-refractivity contribution in [1.82, 2.24) is 15.5 Å². The number of halogens is 1. The van der Waals surface area contributed by atoms with Gasteiger partial charge in [-0.1, -0.05) is 42.5 Å². The minimum Gasteiger partial charge on any atom is -0.356 e. The maximum atomic E-state index is 4.34. The number of guanidine groups is 1. The van der Waals surface area contributed by atoms with E-state index in [9.17, 15) is 0 Å². The summed E-state index contributed by atoms with van der Waals surface area (Å²) in [5.41, 5.74) is 1.38. The van der Waals surface area contributed by atoms with Gasteiger partial charge in [0, 0.05) is 38.8 Å². The Labute approximate surface area is 163 Å². The van der Waals surface area contributed by atoms with E-state index in [0.717, 1.165) is 38.4 Å². The van der Waals surface area contributed by atoms with Crippen molar-refractivity contribution in [3.63, 3.8) is 0 Å². The van der Waals surface area contributed by atoms with Crippen LogP contribution in [0.25, 0.3) is 0 Å². The first kappa shape index (κ1) is 21.0. The number of hydrogen-bond donors (Lipinski definition) is 2.